The van der Waals surface area contributed by atoms with Gasteiger partial charge >= 0.3 is 0 Å². The van der Waals surface area contributed by atoms with Crippen LogP contribution >= 0.6 is 15.9 Å². The monoisotopic (exact) mass is 263 g/mol. The van der Waals surface area contributed by atoms with E-state index in [-0.39, 0.29) is 18.0 Å². The molecule has 0 heterocycles. The predicted molar refractivity (Wildman–Crippen MR) is 56.0 cm³/mol. The van der Waals surface area contributed by atoms with Crippen molar-refractivity contribution in [3.8, 4) is 0 Å². The molecule has 1 unspecified atom stereocenters. The molecule has 1 aromatic rings. The minimum Gasteiger partial charge on any atom is -0.327 e. The molecule has 14 heavy (non-hydrogen) atoms. The summed E-state index contributed by atoms with van der Waals surface area (Å²) in [5, 5.41) is 0. The summed E-state index contributed by atoms with van der Waals surface area (Å²) < 4.78 is 27.0. The molecule has 0 aliphatic carbocycles. The number of rotatable bonds is 3. The van der Waals surface area contributed by atoms with Crippen molar-refractivity contribution in [1.82, 2.24) is 0 Å². The highest BCUT2D eigenvalue weighted by atomic mass is 79.9. The summed E-state index contributed by atoms with van der Waals surface area (Å²) in [5.41, 5.74) is 5.71. The first-order valence-corrected chi connectivity index (χ1v) is 5.23. The second kappa shape index (κ2) is 4.84. The van der Waals surface area contributed by atoms with Crippen LogP contribution in [0.3, 0.4) is 0 Å². The maximum absolute atomic E-state index is 13.3. The van der Waals surface area contributed by atoms with Crippen molar-refractivity contribution in [1.29, 1.82) is 0 Å². The summed E-state index contributed by atoms with van der Waals surface area (Å²) >= 11 is 3.02. The molecule has 1 atom stereocenters. The maximum Gasteiger partial charge on any atom is 0.130 e. The Bertz CT molecular complexity index is 305. The van der Waals surface area contributed by atoms with E-state index in [1.807, 2.05) is 6.92 Å². The van der Waals surface area contributed by atoms with Gasteiger partial charge in [-0.15, -0.1) is 0 Å². The van der Waals surface area contributed by atoms with Gasteiger partial charge in [0.1, 0.15) is 11.6 Å². The van der Waals surface area contributed by atoms with Gasteiger partial charge < -0.3 is 5.73 Å². The lowest BCUT2D eigenvalue weighted by Gasteiger charge is -2.10. The molecular weight excluding hydrogens is 252 g/mol. The molecule has 0 fully saturated rings. The summed E-state index contributed by atoms with van der Waals surface area (Å²) in [5.74, 6) is -1.08. The smallest absolute Gasteiger partial charge is 0.130 e. The van der Waals surface area contributed by atoms with Gasteiger partial charge in [-0.2, -0.15) is 0 Å². The molecule has 0 spiro atoms. The van der Waals surface area contributed by atoms with Gasteiger partial charge in [0.25, 0.3) is 0 Å². The van der Waals surface area contributed by atoms with E-state index in [0.717, 1.165) is 0 Å². The molecule has 4 heteroatoms. The van der Waals surface area contributed by atoms with E-state index in [0.29, 0.717) is 10.9 Å². The van der Waals surface area contributed by atoms with Crippen LogP contribution in [0.4, 0.5) is 8.78 Å². The summed E-state index contributed by atoms with van der Waals surface area (Å²) in [7, 11) is 0. The highest BCUT2D eigenvalue weighted by Gasteiger charge is 2.12. The van der Waals surface area contributed by atoms with E-state index in [2.05, 4.69) is 15.9 Å². The Labute approximate surface area is 90.4 Å². The van der Waals surface area contributed by atoms with Crippen LogP contribution in [0.25, 0.3) is 0 Å². The zero-order chi connectivity index (χ0) is 10.7. The van der Waals surface area contributed by atoms with Crippen molar-refractivity contribution < 1.29 is 8.78 Å². The molecule has 0 aliphatic rings. The van der Waals surface area contributed by atoms with Crippen LogP contribution in [0.15, 0.2) is 16.6 Å². The molecule has 0 amide bonds. The SMILES string of the molecule is CCC(N)Cc1c(F)cc(Br)cc1F. The summed E-state index contributed by atoms with van der Waals surface area (Å²) in [6, 6.07) is 2.31. The molecule has 1 rings (SSSR count). The molecule has 2 N–H and O–H groups in total. The zero-order valence-corrected chi connectivity index (χ0v) is 9.44. The Morgan fingerprint density at radius 3 is 2.29 bits per heavy atom. The summed E-state index contributed by atoms with van der Waals surface area (Å²) in [6.07, 6.45) is 0.941. The molecule has 0 bridgehead atoms. The van der Waals surface area contributed by atoms with Crippen molar-refractivity contribution in [3.63, 3.8) is 0 Å². The lowest BCUT2D eigenvalue weighted by Crippen LogP contribution is -2.22. The molecule has 0 saturated carbocycles. The van der Waals surface area contributed by atoms with E-state index in [1.54, 1.807) is 0 Å². The Morgan fingerprint density at radius 1 is 1.36 bits per heavy atom. The first-order chi connectivity index (χ1) is 6.54. The van der Waals surface area contributed by atoms with Gasteiger partial charge in [-0.1, -0.05) is 22.9 Å². The van der Waals surface area contributed by atoms with Gasteiger partial charge in [-0.25, -0.2) is 8.78 Å². The van der Waals surface area contributed by atoms with E-state index in [1.165, 1.54) is 12.1 Å². The van der Waals surface area contributed by atoms with Crippen molar-refractivity contribution in [2.75, 3.05) is 0 Å². The first-order valence-electron chi connectivity index (χ1n) is 4.43. The van der Waals surface area contributed by atoms with Crippen LogP contribution in [-0.4, -0.2) is 6.04 Å². The predicted octanol–water partition coefficient (Wildman–Crippen LogP) is 3.01. The van der Waals surface area contributed by atoms with E-state index < -0.39 is 11.6 Å². The normalized spacial score (nSPS) is 12.9. The Hall–Kier alpha value is -0.480. The van der Waals surface area contributed by atoms with Gasteiger partial charge in [0.2, 0.25) is 0 Å². The molecule has 1 nitrogen and oxygen atoms in total. The Morgan fingerprint density at radius 2 is 1.86 bits per heavy atom. The van der Waals surface area contributed by atoms with Crippen LogP contribution in [0, 0.1) is 11.6 Å². The lowest BCUT2D eigenvalue weighted by molar-refractivity contribution is 0.529. The highest BCUT2D eigenvalue weighted by molar-refractivity contribution is 9.10. The van der Waals surface area contributed by atoms with Gasteiger partial charge in [-0.05, 0) is 25.0 Å². The standard InChI is InChI=1S/C10H12BrF2N/c1-2-7(14)5-8-9(12)3-6(11)4-10(8)13/h3-4,7H,2,5,14H2,1H3. The molecule has 0 radical (unpaired) electrons. The van der Waals surface area contributed by atoms with Gasteiger partial charge in [0.15, 0.2) is 0 Å². The fraction of sp³-hybridized carbons (Fsp3) is 0.400. The Kier molecular flexibility index (Phi) is 4.01. The average Bonchev–Trinajstić information content (AvgIpc) is 2.10. The van der Waals surface area contributed by atoms with E-state index >= 15 is 0 Å². The maximum atomic E-state index is 13.3. The van der Waals surface area contributed by atoms with Crippen LogP contribution in [0.2, 0.25) is 0 Å². The third-order valence-electron chi connectivity index (χ3n) is 2.10. The molecule has 0 aromatic heterocycles. The number of hydrogen-bond acceptors (Lipinski definition) is 1. The molecule has 0 saturated heterocycles. The number of benzene rings is 1. The van der Waals surface area contributed by atoms with Crippen molar-refractivity contribution in [3.05, 3.63) is 33.8 Å². The Balaban J connectivity index is 2.96. The zero-order valence-electron chi connectivity index (χ0n) is 7.86. The minimum absolute atomic E-state index is 0.0718. The fourth-order valence-electron chi connectivity index (χ4n) is 1.17. The quantitative estimate of drug-likeness (QED) is 0.892. The minimum atomic E-state index is -0.541. The topological polar surface area (TPSA) is 26.0 Å². The molecular formula is C10H12BrF2N. The third-order valence-corrected chi connectivity index (χ3v) is 2.55. The van der Waals surface area contributed by atoms with Crippen molar-refractivity contribution in [2.24, 2.45) is 5.73 Å². The highest BCUT2D eigenvalue weighted by Crippen LogP contribution is 2.20. The number of halogens is 3. The number of hydrogen-bond donors (Lipinski definition) is 1. The van der Waals surface area contributed by atoms with Crippen LogP contribution in [0.5, 0.6) is 0 Å². The number of nitrogens with two attached hydrogens (primary N) is 1. The van der Waals surface area contributed by atoms with E-state index in [4.69, 9.17) is 5.73 Å². The third kappa shape index (κ3) is 2.75. The van der Waals surface area contributed by atoms with Gasteiger partial charge in [0, 0.05) is 16.1 Å². The van der Waals surface area contributed by atoms with Crippen LogP contribution < -0.4 is 5.73 Å². The second-order valence-electron chi connectivity index (χ2n) is 3.22. The second-order valence-corrected chi connectivity index (χ2v) is 4.14. The van der Waals surface area contributed by atoms with Crippen LogP contribution in [-0.2, 0) is 6.42 Å². The average molecular weight is 264 g/mol. The van der Waals surface area contributed by atoms with Crippen LogP contribution in [0.1, 0.15) is 18.9 Å². The van der Waals surface area contributed by atoms with E-state index in [9.17, 15) is 8.78 Å². The first kappa shape index (κ1) is 11.6. The van der Waals surface area contributed by atoms with Gasteiger partial charge in [0.05, 0.1) is 0 Å². The van der Waals surface area contributed by atoms with Gasteiger partial charge in [-0.3, -0.25) is 0 Å². The lowest BCUT2D eigenvalue weighted by atomic mass is 10.0. The molecule has 1 aromatic carbocycles. The molecule has 78 valence electrons. The summed E-state index contributed by atoms with van der Waals surface area (Å²) in [6.45, 7) is 1.89. The van der Waals surface area contributed by atoms with Crippen molar-refractivity contribution in [2.45, 2.75) is 25.8 Å². The largest absolute Gasteiger partial charge is 0.327 e. The van der Waals surface area contributed by atoms with Crippen molar-refractivity contribution >= 4 is 15.9 Å². The molecule has 0 aliphatic heterocycles. The summed E-state index contributed by atoms with van der Waals surface area (Å²) in [4.78, 5) is 0. The fourth-order valence-corrected chi connectivity index (χ4v) is 1.58.